The SMILES string of the molecule is COc1ccc(C(CNC(=O)C(C)Sc2ccccc2)N2CCCC2)cc1. The van der Waals surface area contributed by atoms with E-state index < -0.39 is 0 Å². The van der Waals surface area contributed by atoms with Gasteiger partial charge < -0.3 is 10.1 Å². The molecule has 3 rings (SSSR count). The highest BCUT2D eigenvalue weighted by atomic mass is 32.2. The number of amides is 1. The highest BCUT2D eigenvalue weighted by Crippen LogP contribution is 2.27. The van der Waals surface area contributed by atoms with Gasteiger partial charge in [-0.3, -0.25) is 9.69 Å². The summed E-state index contributed by atoms with van der Waals surface area (Å²) in [5.74, 6) is 0.942. The number of nitrogens with one attached hydrogen (secondary N) is 1. The van der Waals surface area contributed by atoms with Crippen molar-refractivity contribution in [3.63, 3.8) is 0 Å². The maximum Gasteiger partial charge on any atom is 0.233 e. The first-order valence-electron chi connectivity index (χ1n) is 9.55. The number of rotatable bonds is 8. The average Bonchev–Trinajstić information content (AvgIpc) is 3.23. The predicted molar refractivity (Wildman–Crippen MR) is 111 cm³/mol. The molecule has 0 aliphatic carbocycles. The van der Waals surface area contributed by atoms with Crippen LogP contribution in [0.15, 0.2) is 59.5 Å². The molecule has 0 radical (unpaired) electrons. The number of methoxy groups -OCH3 is 1. The van der Waals surface area contributed by atoms with E-state index >= 15 is 0 Å². The molecule has 27 heavy (non-hydrogen) atoms. The normalized spacial score (nSPS) is 16.7. The monoisotopic (exact) mass is 384 g/mol. The fourth-order valence-corrected chi connectivity index (χ4v) is 4.35. The van der Waals surface area contributed by atoms with Crippen molar-refractivity contribution in [1.82, 2.24) is 10.2 Å². The molecule has 1 fully saturated rings. The minimum Gasteiger partial charge on any atom is -0.497 e. The standard InChI is InChI=1S/C22H28N2O2S/c1-17(27-20-8-4-3-5-9-20)22(25)23-16-21(24-14-6-7-15-24)18-10-12-19(26-2)13-11-18/h3-5,8-13,17,21H,6-7,14-16H2,1-2H3,(H,23,25). The first-order chi connectivity index (χ1) is 13.2. The highest BCUT2D eigenvalue weighted by Gasteiger charge is 2.25. The second kappa shape index (κ2) is 9.81. The zero-order valence-electron chi connectivity index (χ0n) is 16.1. The van der Waals surface area contributed by atoms with E-state index in [1.165, 1.54) is 18.4 Å². The zero-order valence-corrected chi connectivity index (χ0v) is 16.9. The molecule has 2 unspecified atom stereocenters. The van der Waals surface area contributed by atoms with Gasteiger partial charge in [0.2, 0.25) is 5.91 Å². The van der Waals surface area contributed by atoms with Crippen LogP contribution in [0.3, 0.4) is 0 Å². The molecule has 0 spiro atoms. The number of hydrogen-bond acceptors (Lipinski definition) is 4. The lowest BCUT2D eigenvalue weighted by Gasteiger charge is -2.28. The largest absolute Gasteiger partial charge is 0.497 e. The van der Waals surface area contributed by atoms with E-state index in [2.05, 4.69) is 22.3 Å². The molecular weight excluding hydrogens is 356 g/mol. The van der Waals surface area contributed by atoms with Gasteiger partial charge in [0.1, 0.15) is 5.75 Å². The minimum absolute atomic E-state index is 0.0848. The Labute approximate surface area is 166 Å². The number of benzene rings is 2. The summed E-state index contributed by atoms with van der Waals surface area (Å²) in [7, 11) is 1.68. The summed E-state index contributed by atoms with van der Waals surface area (Å²) in [6, 6.07) is 18.5. The molecular formula is C22H28N2O2S. The molecule has 1 aliphatic heterocycles. The summed E-state index contributed by atoms with van der Waals surface area (Å²) in [5, 5.41) is 3.05. The van der Waals surface area contributed by atoms with Crippen molar-refractivity contribution in [2.45, 2.75) is 36.0 Å². The smallest absolute Gasteiger partial charge is 0.233 e. The summed E-state index contributed by atoms with van der Waals surface area (Å²) in [6.07, 6.45) is 2.45. The molecule has 0 bridgehead atoms. The van der Waals surface area contributed by atoms with E-state index in [0.717, 1.165) is 23.7 Å². The van der Waals surface area contributed by atoms with E-state index in [1.54, 1.807) is 18.9 Å². The molecule has 2 aromatic carbocycles. The van der Waals surface area contributed by atoms with Gasteiger partial charge >= 0.3 is 0 Å². The van der Waals surface area contributed by atoms with E-state index in [-0.39, 0.29) is 17.2 Å². The molecule has 1 N–H and O–H groups in total. The number of likely N-dealkylation sites (tertiary alicyclic amines) is 1. The Morgan fingerprint density at radius 2 is 1.78 bits per heavy atom. The van der Waals surface area contributed by atoms with Crippen LogP contribution in [0.5, 0.6) is 5.75 Å². The van der Waals surface area contributed by atoms with Crippen molar-refractivity contribution in [3.05, 3.63) is 60.2 Å². The number of carbonyl (C=O) groups excluding carboxylic acids is 1. The van der Waals surface area contributed by atoms with Crippen molar-refractivity contribution in [2.24, 2.45) is 0 Å². The number of thioether (sulfide) groups is 1. The summed E-state index contributed by atoms with van der Waals surface area (Å²) < 4.78 is 5.27. The first-order valence-corrected chi connectivity index (χ1v) is 10.4. The summed E-state index contributed by atoms with van der Waals surface area (Å²) in [5.41, 5.74) is 1.22. The van der Waals surface area contributed by atoms with Crippen molar-refractivity contribution in [3.8, 4) is 5.75 Å². The highest BCUT2D eigenvalue weighted by molar-refractivity contribution is 8.00. The summed E-state index contributed by atoms with van der Waals surface area (Å²) in [6.45, 7) is 4.76. The van der Waals surface area contributed by atoms with Gasteiger partial charge in [-0.25, -0.2) is 0 Å². The average molecular weight is 385 g/mol. The van der Waals surface area contributed by atoms with Gasteiger partial charge in [-0.05, 0) is 62.7 Å². The van der Waals surface area contributed by atoms with Crippen LogP contribution >= 0.6 is 11.8 Å². The topological polar surface area (TPSA) is 41.6 Å². The van der Waals surface area contributed by atoms with Crippen LogP contribution in [0.1, 0.15) is 31.4 Å². The first kappa shape index (κ1) is 19.8. The number of nitrogens with zero attached hydrogens (tertiary/aromatic N) is 1. The molecule has 0 saturated carbocycles. The fraction of sp³-hybridized carbons (Fsp3) is 0.409. The maximum atomic E-state index is 12.6. The van der Waals surface area contributed by atoms with Gasteiger partial charge in [0.05, 0.1) is 18.4 Å². The lowest BCUT2D eigenvalue weighted by atomic mass is 10.1. The summed E-state index contributed by atoms with van der Waals surface area (Å²) in [4.78, 5) is 16.2. The lowest BCUT2D eigenvalue weighted by molar-refractivity contribution is -0.120. The number of ether oxygens (including phenoxy) is 1. The van der Waals surface area contributed by atoms with Gasteiger partial charge in [-0.1, -0.05) is 30.3 Å². The van der Waals surface area contributed by atoms with Crippen LogP contribution in [-0.2, 0) is 4.79 Å². The molecule has 1 aliphatic rings. The minimum atomic E-state index is -0.123. The van der Waals surface area contributed by atoms with Gasteiger partial charge in [0.25, 0.3) is 0 Å². The lowest BCUT2D eigenvalue weighted by Crippen LogP contribution is -2.39. The van der Waals surface area contributed by atoms with Crippen molar-refractivity contribution in [1.29, 1.82) is 0 Å². The van der Waals surface area contributed by atoms with Crippen LogP contribution in [-0.4, -0.2) is 42.8 Å². The zero-order chi connectivity index (χ0) is 19.1. The second-order valence-electron chi connectivity index (χ2n) is 6.85. The van der Waals surface area contributed by atoms with Gasteiger partial charge in [0, 0.05) is 11.4 Å². The second-order valence-corrected chi connectivity index (χ2v) is 8.26. The van der Waals surface area contributed by atoms with Crippen LogP contribution in [0.4, 0.5) is 0 Å². The van der Waals surface area contributed by atoms with Crippen molar-refractivity contribution >= 4 is 17.7 Å². The molecule has 1 amide bonds. The van der Waals surface area contributed by atoms with Gasteiger partial charge in [-0.2, -0.15) is 0 Å². The Hall–Kier alpha value is -1.98. The molecule has 144 valence electrons. The Kier molecular flexibility index (Phi) is 7.18. The van der Waals surface area contributed by atoms with E-state index in [1.807, 2.05) is 49.4 Å². The Balaban J connectivity index is 1.62. The van der Waals surface area contributed by atoms with E-state index in [9.17, 15) is 4.79 Å². The third-order valence-electron chi connectivity index (χ3n) is 4.98. The molecule has 2 atom stereocenters. The summed E-state index contributed by atoms with van der Waals surface area (Å²) >= 11 is 1.59. The maximum absolute atomic E-state index is 12.6. The molecule has 0 aromatic heterocycles. The number of hydrogen-bond donors (Lipinski definition) is 1. The molecule has 2 aromatic rings. The van der Waals surface area contributed by atoms with Gasteiger partial charge in [0.15, 0.2) is 0 Å². The quantitative estimate of drug-likeness (QED) is 0.695. The predicted octanol–water partition coefficient (Wildman–Crippen LogP) is 4.13. The molecule has 4 nitrogen and oxygen atoms in total. The van der Waals surface area contributed by atoms with Crippen LogP contribution in [0.25, 0.3) is 0 Å². The van der Waals surface area contributed by atoms with E-state index in [0.29, 0.717) is 6.54 Å². The third kappa shape index (κ3) is 5.50. The van der Waals surface area contributed by atoms with Crippen LogP contribution in [0.2, 0.25) is 0 Å². The van der Waals surface area contributed by atoms with E-state index in [4.69, 9.17) is 4.74 Å². The van der Waals surface area contributed by atoms with Crippen molar-refractivity contribution < 1.29 is 9.53 Å². The molecule has 1 saturated heterocycles. The Morgan fingerprint density at radius 1 is 1.11 bits per heavy atom. The Morgan fingerprint density at radius 3 is 2.41 bits per heavy atom. The number of carbonyl (C=O) groups is 1. The van der Waals surface area contributed by atoms with Gasteiger partial charge in [-0.15, -0.1) is 11.8 Å². The fourth-order valence-electron chi connectivity index (χ4n) is 3.43. The molecule has 5 heteroatoms. The third-order valence-corrected chi connectivity index (χ3v) is 6.09. The van der Waals surface area contributed by atoms with Crippen LogP contribution in [0, 0.1) is 0 Å². The Bertz CT molecular complexity index is 715. The molecule has 1 heterocycles. The van der Waals surface area contributed by atoms with Crippen molar-refractivity contribution in [2.75, 3.05) is 26.7 Å². The van der Waals surface area contributed by atoms with Crippen LogP contribution < -0.4 is 10.1 Å².